The van der Waals surface area contributed by atoms with E-state index in [1.165, 1.54) is 18.9 Å². The lowest BCUT2D eigenvalue weighted by Gasteiger charge is -2.01. The number of hydrogen-bond donors (Lipinski definition) is 2. The van der Waals surface area contributed by atoms with Crippen LogP contribution in [0.2, 0.25) is 0 Å². The van der Waals surface area contributed by atoms with E-state index in [1.807, 2.05) is 6.92 Å². The lowest BCUT2D eigenvalue weighted by Crippen LogP contribution is -1.91. The van der Waals surface area contributed by atoms with Crippen LogP contribution in [0.1, 0.15) is 30.3 Å². The molecule has 1 aromatic heterocycles. The number of nitrogens with zero attached hydrogens (tertiary/aromatic N) is 1. The van der Waals surface area contributed by atoms with Gasteiger partial charge in [-0.05, 0) is 38.0 Å². The number of aryl methyl sites for hydroxylation is 1. The summed E-state index contributed by atoms with van der Waals surface area (Å²) in [6.45, 7) is 1.98. The average Bonchev–Trinajstić information content (AvgIpc) is 3.07. The van der Waals surface area contributed by atoms with Gasteiger partial charge in [-0.15, -0.1) is 0 Å². The molecule has 0 saturated heterocycles. The van der Waals surface area contributed by atoms with Crippen molar-refractivity contribution in [2.24, 2.45) is 0 Å². The van der Waals surface area contributed by atoms with Crippen LogP contribution < -0.4 is 5.73 Å². The van der Waals surface area contributed by atoms with Gasteiger partial charge < -0.3 is 10.7 Å². The Balaban J connectivity index is 2.04. The van der Waals surface area contributed by atoms with Gasteiger partial charge in [0.1, 0.15) is 11.6 Å². The fourth-order valence-corrected chi connectivity index (χ4v) is 2.01. The Bertz CT molecular complexity index is 570. The Morgan fingerprint density at radius 1 is 1.41 bits per heavy atom. The van der Waals surface area contributed by atoms with Gasteiger partial charge >= 0.3 is 0 Å². The van der Waals surface area contributed by atoms with Crippen LogP contribution in [0.3, 0.4) is 0 Å². The number of nitrogen functional groups attached to an aromatic ring is 1. The Hall–Kier alpha value is -1.84. The summed E-state index contributed by atoms with van der Waals surface area (Å²) in [5.74, 6) is 1.24. The lowest BCUT2D eigenvalue weighted by atomic mass is 10.1. The van der Waals surface area contributed by atoms with Crippen molar-refractivity contribution in [1.82, 2.24) is 9.97 Å². The molecule has 0 aliphatic heterocycles. The topological polar surface area (TPSA) is 54.7 Å². The number of benzene rings is 1. The second-order valence-corrected chi connectivity index (χ2v) is 4.61. The summed E-state index contributed by atoms with van der Waals surface area (Å²) in [5, 5.41) is 0. The number of imidazole rings is 1. The number of halogens is 1. The fraction of sp³-hybridized carbons (Fsp3) is 0.308. The zero-order valence-electron chi connectivity index (χ0n) is 9.63. The molecule has 88 valence electrons. The standard InChI is InChI=1S/C13H14FN3/c1-7-12(17-13(16-7)8-2-3-8)9-4-5-10(14)11(15)6-9/h4-6,8H,2-3,15H2,1H3,(H,16,17). The van der Waals surface area contributed by atoms with Crippen LogP contribution in [0.25, 0.3) is 11.3 Å². The van der Waals surface area contributed by atoms with Gasteiger partial charge in [-0.3, -0.25) is 0 Å². The second-order valence-electron chi connectivity index (χ2n) is 4.61. The highest BCUT2D eigenvalue weighted by atomic mass is 19.1. The molecule has 0 unspecified atom stereocenters. The highest BCUT2D eigenvalue weighted by molar-refractivity contribution is 5.66. The minimum absolute atomic E-state index is 0.165. The molecule has 17 heavy (non-hydrogen) atoms. The molecule has 2 aromatic rings. The first-order valence-corrected chi connectivity index (χ1v) is 5.77. The van der Waals surface area contributed by atoms with Gasteiger partial charge in [-0.25, -0.2) is 9.37 Å². The van der Waals surface area contributed by atoms with Crippen LogP contribution in [0.5, 0.6) is 0 Å². The van der Waals surface area contributed by atoms with Gasteiger partial charge in [0.15, 0.2) is 0 Å². The largest absolute Gasteiger partial charge is 0.396 e. The van der Waals surface area contributed by atoms with Crippen molar-refractivity contribution in [2.75, 3.05) is 5.73 Å². The van der Waals surface area contributed by atoms with Crippen molar-refractivity contribution >= 4 is 5.69 Å². The minimum Gasteiger partial charge on any atom is -0.396 e. The van der Waals surface area contributed by atoms with Crippen LogP contribution in [0.15, 0.2) is 18.2 Å². The maximum absolute atomic E-state index is 13.1. The zero-order chi connectivity index (χ0) is 12.0. The minimum atomic E-state index is -0.385. The van der Waals surface area contributed by atoms with E-state index in [0.29, 0.717) is 5.92 Å². The van der Waals surface area contributed by atoms with Gasteiger partial charge in [0.2, 0.25) is 0 Å². The smallest absolute Gasteiger partial charge is 0.146 e. The molecule has 1 saturated carbocycles. The molecule has 3 rings (SSSR count). The third kappa shape index (κ3) is 1.79. The Labute approximate surface area is 98.9 Å². The van der Waals surface area contributed by atoms with Gasteiger partial charge in [0.25, 0.3) is 0 Å². The predicted molar refractivity (Wildman–Crippen MR) is 65.1 cm³/mol. The first kappa shape index (κ1) is 10.3. The number of H-pyrrole nitrogens is 1. The highest BCUT2D eigenvalue weighted by Gasteiger charge is 2.27. The van der Waals surface area contributed by atoms with Gasteiger partial charge in [-0.1, -0.05) is 0 Å². The number of nitrogens with two attached hydrogens (primary N) is 1. The predicted octanol–water partition coefficient (Wildman–Crippen LogP) is 2.98. The molecule has 0 amide bonds. The molecule has 1 aromatic carbocycles. The third-order valence-corrected chi connectivity index (χ3v) is 3.14. The lowest BCUT2D eigenvalue weighted by molar-refractivity contribution is 0.632. The van der Waals surface area contributed by atoms with Gasteiger partial charge in [-0.2, -0.15) is 0 Å². The van der Waals surface area contributed by atoms with Crippen LogP contribution >= 0.6 is 0 Å². The molecule has 0 spiro atoms. The van der Waals surface area contributed by atoms with Gasteiger partial charge in [0, 0.05) is 17.2 Å². The van der Waals surface area contributed by atoms with Crippen LogP contribution in [0, 0.1) is 12.7 Å². The fourth-order valence-electron chi connectivity index (χ4n) is 2.01. The summed E-state index contributed by atoms with van der Waals surface area (Å²) >= 11 is 0. The molecule has 1 aliphatic carbocycles. The van der Waals surface area contributed by atoms with Gasteiger partial charge in [0.05, 0.1) is 11.4 Å². The summed E-state index contributed by atoms with van der Waals surface area (Å²) in [7, 11) is 0. The molecule has 1 heterocycles. The molecule has 4 heteroatoms. The normalized spacial score (nSPS) is 15.2. The maximum atomic E-state index is 13.1. The summed E-state index contributed by atoms with van der Waals surface area (Å²) < 4.78 is 13.1. The average molecular weight is 231 g/mol. The van der Waals surface area contributed by atoms with E-state index >= 15 is 0 Å². The van der Waals surface area contributed by atoms with Crippen LogP contribution in [-0.4, -0.2) is 9.97 Å². The number of aromatic nitrogens is 2. The second kappa shape index (κ2) is 3.58. The molecule has 0 atom stereocenters. The van der Waals surface area contributed by atoms with E-state index < -0.39 is 0 Å². The number of anilines is 1. The van der Waals surface area contributed by atoms with Crippen molar-refractivity contribution in [3.8, 4) is 11.3 Å². The third-order valence-electron chi connectivity index (χ3n) is 3.14. The molecular weight excluding hydrogens is 217 g/mol. The summed E-state index contributed by atoms with van der Waals surface area (Å²) in [6.07, 6.45) is 2.41. The number of rotatable bonds is 2. The maximum Gasteiger partial charge on any atom is 0.146 e. The van der Waals surface area contributed by atoms with Crippen LogP contribution in [-0.2, 0) is 0 Å². The Kier molecular flexibility index (Phi) is 2.18. The van der Waals surface area contributed by atoms with Crippen molar-refractivity contribution in [1.29, 1.82) is 0 Å². The molecular formula is C13H14FN3. The van der Waals surface area contributed by atoms with E-state index in [9.17, 15) is 4.39 Å². The summed E-state index contributed by atoms with van der Waals surface area (Å²) in [6, 6.07) is 4.73. The number of hydrogen-bond acceptors (Lipinski definition) is 2. The molecule has 3 N–H and O–H groups in total. The monoisotopic (exact) mass is 231 g/mol. The SMILES string of the molecule is Cc1[nH]c(C2CC2)nc1-c1ccc(F)c(N)c1. The molecule has 1 aliphatic rings. The van der Waals surface area contributed by atoms with E-state index in [2.05, 4.69) is 9.97 Å². The molecule has 0 bridgehead atoms. The number of aromatic amines is 1. The van der Waals surface area contributed by atoms with Crippen molar-refractivity contribution < 1.29 is 4.39 Å². The zero-order valence-corrected chi connectivity index (χ0v) is 9.63. The van der Waals surface area contributed by atoms with E-state index in [0.717, 1.165) is 22.8 Å². The van der Waals surface area contributed by atoms with E-state index in [4.69, 9.17) is 5.73 Å². The van der Waals surface area contributed by atoms with E-state index in [1.54, 1.807) is 12.1 Å². The van der Waals surface area contributed by atoms with Crippen molar-refractivity contribution in [3.63, 3.8) is 0 Å². The molecule has 1 fully saturated rings. The first-order chi connectivity index (χ1) is 8.15. The van der Waals surface area contributed by atoms with Crippen LogP contribution in [0.4, 0.5) is 10.1 Å². The molecule has 3 nitrogen and oxygen atoms in total. The van der Waals surface area contributed by atoms with Crippen molar-refractivity contribution in [2.45, 2.75) is 25.7 Å². The summed E-state index contributed by atoms with van der Waals surface area (Å²) in [5.41, 5.74) is 8.49. The first-order valence-electron chi connectivity index (χ1n) is 5.77. The van der Waals surface area contributed by atoms with Crippen molar-refractivity contribution in [3.05, 3.63) is 35.5 Å². The van der Waals surface area contributed by atoms with E-state index in [-0.39, 0.29) is 11.5 Å². The number of nitrogens with one attached hydrogen (secondary N) is 1. The summed E-state index contributed by atoms with van der Waals surface area (Å²) in [4.78, 5) is 7.87. The quantitative estimate of drug-likeness (QED) is 0.781. The Morgan fingerprint density at radius 3 is 2.82 bits per heavy atom. The highest BCUT2D eigenvalue weighted by Crippen LogP contribution is 2.39. The molecule has 0 radical (unpaired) electrons. The Morgan fingerprint density at radius 2 is 2.18 bits per heavy atom.